The van der Waals surface area contributed by atoms with E-state index in [0.29, 0.717) is 37.0 Å². The molecule has 0 saturated carbocycles. The average Bonchev–Trinajstić information content (AvgIpc) is 2.75. The van der Waals surface area contributed by atoms with Crippen molar-refractivity contribution in [3.8, 4) is 0 Å². The molecule has 3 aliphatic rings. The summed E-state index contributed by atoms with van der Waals surface area (Å²) in [5.74, 6) is -0.291. The molecule has 3 fully saturated rings. The molecule has 2 N–H and O–H groups in total. The van der Waals surface area contributed by atoms with Gasteiger partial charge in [0.25, 0.3) is 5.91 Å². The Balaban J connectivity index is 0.00000272. The van der Waals surface area contributed by atoms with E-state index < -0.39 is 6.03 Å². The molecule has 8 nitrogen and oxygen atoms in total. The van der Waals surface area contributed by atoms with Gasteiger partial charge < -0.3 is 15.0 Å². The van der Waals surface area contributed by atoms with E-state index in [-0.39, 0.29) is 36.7 Å². The number of benzene rings is 1. The highest BCUT2D eigenvalue weighted by Crippen LogP contribution is 2.26. The van der Waals surface area contributed by atoms with Gasteiger partial charge in [0.05, 0.1) is 12.2 Å². The molecule has 4 rings (SSSR count). The van der Waals surface area contributed by atoms with Gasteiger partial charge >= 0.3 is 6.03 Å². The maximum Gasteiger partial charge on any atom is 0.328 e. The summed E-state index contributed by atoms with van der Waals surface area (Å²) in [6.45, 7) is 5.61. The SMILES string of the molecule is Cc1ccc(C(=O)N2CCC(OC3CCNCC3)CC2)cc1N1CCC(=O)NC1=O.Cl. The zero-order valence-electron chi connectivity index (χ0n) is 17.9. The number of aryl methyl sites for hydroxylation is 1. The van der Waals surface area contributed by atoms with Gasteiger partial charge in [0.2, 0.25) is 5.91 Å². The van der Waals surface area contributed by atoms with Crippen molar-refractivity contribution < 1.29 is 19.1 Å². The maximum atomic E-state index is 13.1. The number of nitrogens with zero attached hydrogens (tertiary/aromatic N) is 2. The minimum Gasteiger partial charge on any atom is -0.375 e. The Kier molecular flexibility index (Phi) is 7.91. The van der Waals surface area contributed by atoms with Crippen LogP contribution in [0, 0.1) is 6.92 Å². The van der Waals surface area contributed by atoms with Crippen LogP contribution in [0.15, 0.2) is 18.2 Å². The van der Waals surface area contributed by atoms with Crippen molar-refractivity contribution >= 4 is 35.9 Å². The van der Waals surface area contributed by atoms with Gasteiger partial charge in [0, 0.05) is 37.3 Å². The van der Waals surface area contributed by atoms with Crippen molar-refractivity contribution in [2.75, 3.05) is 37.6 Å². The Morgan fingerprint density at radius 1 is 1.03 bits per heavy atom. The summed E-state index contributed by atoms with van der Waals surface area (Å²) in [5.41, 5.74) is 2.14. The van der Waals surface area contributed by atoms with Crippen LogP contribution in [0.25, 0.3) is 0 Å². The Morgan fingerprint density at radius 3 is 2.39 bits per heavy atom. The number of piperidine rings is 2. The molecule has 31 heavy (non-hydrogen) atoms. The van der Waals surface area contributed by atoms with Crippen LogP contribution in [-0.2, 0) is 9.53 Å². The van der Waals surface area contributed by atoms with Gasteiger partial charge in [-0.1, -0.05) is 6.07 Å². The van der Waals surface area contributed by atoms with E-state index >= 15 is 0 Å². The lowest BCUT2D eigenvalue weighted by atomic mass is 10.0. The predicted octanol–water partition coefficient (Wildman–Crippen LogP) is 2.24. The minimum absolute atomic E-state index is 0. The van der Waals surface area contributed by atoms with E-state index in [1.165, 1.54) is 4.90 Å². The molecule has 0 spiro atoms. The van der Waals surface area contributed by atoms with E-state index in [9.17, 15) is 14.4 Å². The first-order valence-corrected chi connectivity index (χ1v) is 10.9. The van der Waals surface area contributed by atoms with Crippen molar-refractivity contribution in [3.63, 3.8) is 0 Å². The van der Waals surface area contributed by atoms with Gasteiger partial charge in [-0.05, 0) is 63.4 Å². The van der Waals surface area contributed by atoms with Crippen LogP contribution in [0.2, 0.25) is 0 Å². The number of rotatable bonds is 4. The highest BCUT2D eigenvalue weighted by molar-refractivity contribution is 6.06. The van der Waals surface area contributed by atoms with E-state index in [1.54, 1.807) is 6.07 Å². The monoisotopic (exact) mass is 450 g/mol. The number of amides is 4. The van der Waals surface area contributed by atoms with E-state index in [1.807, 2.05) is 24.0 Å². The first-order chi connectivity index (χ1) is 14.5. The quantitative estimate of drug-likeness (QED) is 0.734. The molecule has 0 bridgehead atoms. The van der Waals surface area contributed by atoms with Crippen LogP contribution in [0.3, 0.4) is 0 Å². The Morgan fingerprint density at radius 2 is 1.71 bits per heavy atom. The molecule has 3 heterocycles. The summed E-state index contributed by atoms with van der Waals surface area (Å²) in [7, 11) is 0. The molecular formula is C22H31ClN4O4. The smallest absolute Gasteiger partial charge is 0.328 e. The number of nitrogens with one attached hydrogen (secondary N) is 2. The molecule has 0 aliphatic carbocycles. The zero-order chi connectivity index (χ0) is 21.1. The van der Waals surface area contributed by atoms with Crippen LogP contribution in [0.1, 0.15) is 48.0 Å². The number of ether oxygens (including phenoxy) is 1. The Bertz CT molecular complexity index is 820. The number of hydrogen-bond donors (Lipinski definition) is 2. The molecule has 0 unspecified atom stereocenters. The summed E-state index contributed by atoms with van der Waals surface area (Å²) in [6, 6.07) is 5.00. The summed E-state index contributed by atoms with van der Waals surface area (Å²) in [4.78, 5) is 40.1. The lowest BCUT2D eigenvalue weighted by molar-refractivity contribution is -0.120. The fraction of sp³-hybridized carbons (Fsp3) is 0.591. The number of likely N-dealkylation sites (tertiary alicyclic amines) is 1. The van der Waals surface area contributed by atoms with Crippen molar-refractivity contribution in [2.45, 2.75) is 51.2 Å². The molecule has 1 aromatic carbocycles. The molecule has 0 aromatic heterocycles. The lowest BCUT2D eigenvalue weighted by Crippen LogP contribution is -2.50. The zero-order valence-corrected chi connectivity index (χ0v) is 18.7. The number of carbonyl (C=O) groups is 3. The van der Waals surface area contributed by atoms with Crippen molar-refractivity contribution in [1.29, 1.82) is 0 Å². The third-order valence-electron chi connectivity index (χ3n) is 6.20. The van der Waals surface area contributed by atoms with Crippen LogP contribution in [0.4, 0.5) is 10.5 Å². The fourth-order valence-corrected chi connectivity index (χ4v) is 4.41. The van der Waals surface area contributed by atoms with Gasteiger partial charge in [0.15, 0.2) is 0 Å². The molecule has 3 aliphatic heterocycles. The second-order valence-electron chi connectivity index (χ2n) is 8.33. The number of urea groups is 1. The highest BCUT2D eigenvalue weighted by Gasteiger charge is 2.29. The molecule has 4 amide bonds. The van der Waals surface area contributed by atoms with Gasteiger partial charge in [-0.3, -0.25) is 19.8 Å². The minimum atomic E-state index is -0.435. The second-order valence-corrected chi connectivity index (χ2v) is 8.33. The first kappa shape index (κ1) is 23.5. The Hall–Kier alpha value is -2.16. The summed E-state index contributed by atoms with van der Waals surface area (Å²) >= 11 is 0. The molecule has 0 atom stereocenters. The average molecular weight is 451 g/mol. The standard InChI is InChI=1S/C22H30N4O4.ClH/c1-15-2-3-16(14-19(15)26-13-8-20(27)24-22(26)29)21(28)25-11-6-18(7-12-25)30-17-4-9-23-10-5-17;/h2-3,14,17-18,23H,4-13H2,1H3,(H,24,27,29);1H. The highest BCUT2D eigenvalue weighted by atomic mass is 35.5. The van der Waals surface area contributed by atoms with Crippen LogP contribution < -0.4 is 15.5 Å². The van der Waals surface area contributed by atoms with Crippen molar-refractivity contribution in [1.82, 2.24) is 15.5 Å². The second kappa shape index (κ2) is 10.4. The predicted molar refractivity (Wildman–Crippen MR) is 120 cm³/mol. The number of hydrogen-bond acceptors (Lipinski definition) is 5. The molecular weight excluding hydrogens is 420 g/mol. The van der Waals surface area contributed by atoms with Crippen LogP contribution >= 0.6 is 12.4 Å². The maximum absolute atomic E-state index is 13.1. The van der Waals surface area contributed by atoms with E-state index in [2.05, 4.69) is 10.6 Å². The number of anilines is 1. The molecule has 3 saturated heterocycles. The summed E-state index contributed by atoms with van der Waals surface area (Å²) in [6.07, 6.45) is 4.63. The first-order valence-electron chi connectivity index (χ1n) is 10.9. The number of carbonyl (C=O) groups excluding carboxylic acids is 3. The summed E-state index contributed by atoms with van der Waals surface area (Å²) < 4.78 is 6.24. The van der Waals surface area contributed by atoms with Crippen molar-refractivity contribution in [2.24, 2.45) is 0 Å². The topological polar surface area (TPSA) is 91.0 Å². The third-order valence-corrected chi connectivity index (χ3v) is 6.20. The van der Waals surface area contributed by atoms with Gasteiger partial charge in [-0.15, -0.1) is 12.4 Å². The molecule has 170 valence electrons. The van der Waals surface area contributed by atoms with Crippen molar-refractivity contribution in [3.05, 3.63) is 29.3 Å². The van der Waals surface area contributed by atoms with Gasteiger partial charge in [0.1, 0.15) is 0 Å². The molecule has 1 aromatic rings. The van der Waals surface area contributed by atoms with Gasteiger partial charge in [-0.2, -0.15) is 0 Å². The van der Waals surface area contributed by atoms with E-state index in [0.717, 1.165) is 44.3 Å². The van der Waals surface area contributed by atoms with Gasteiger partial charge in [-0.25, -0.2) is 4.79 Å². The lowest BCUT2D eigenvalue weighted by Gasteiger charge is -2.35. The number of halogens is 1. The number of imide groups is 1. The molecule has 0 radical (unpaired) electrons. The van der Waals surface area contributed by atoms with E-state index in [4.69, 9.17) is 4.74 Å². The van der Waals surface area contributed by atoms with Crippen LogP contribution in [-0.4, -0.2) is 67.7 Å². The third kappa shape index (κ3) is 5.56. The normalized spacial score (nSPS) is 20.9. The summed E-state index contributed by atoms with van der Waals surface area (Å²) in [5, 5.41) is 5.69. The Labute approximate surface area is 189 Å². The molecule has 9 heteroatoms. The van der Waals surface area contributed by atoms with Crippen LogP contribution in [0.5, 0.6) is 0 Å². The largest absolute Gasteiger partial charge is 0.375 e. The fourth-order valence-electron chi connectivity index (χ4n) is 4.41.